The van der Waals surface area contributed by atoms with E-state index >= 15 is 0 Å². The van der Waals surface area contributed by atoms with Gasteiger partial charge in [0.1, 0.15) is 17.5 Å². The molecule has 1 unspecified atom stereocenters. The first-order chi connectivity index (χ1) is 18.0. The largest absolute Gasteiger partial charge is 0.480 e. The zero-order valence-corrected chi connectivity index (χ0v) is 22.4. The Kier molecular flexibility index (Phi) is 8.54. The number of aliphatic carboxylic acids is 1. The number of rotatable bonds is 9. The second kappa shape index (κ2) is 11.7. The first-order valence-electron chi connectivity index (χ1n) is 12.1. The van der Waals surface area contributed by atoms with Crippen LogP contribution in [0.15, 0.2) is 36.7 Å². The Morgan fingerprint density at radius 1 is 1.21 bits per heavy atom. The molecular formula is C26H28Cl2FN5O4. The van der Waals surface area contributed by atoms with Gasteiger partial charge in [-0.05, 0) is 55.0 Å². The van der Waals surface area contributed by atoms with Crippen molar-refractivity contribution in [3.63, 3.8) is 0 Å². The first-order valence-corrected chi connectivity index (χ1v) is 12.8. The number of fused-ring (bicyclic) bond motifs is 1. The van der Waals surface area contributed by atoms with Crippen molar-refractivity contribution in [2.45, 2.75) is 38.4 Å². The fourth-order valence-electron chi connectivity index (χ4n) is 4.84. The van der Waals surface area contributed by atoms with Gasteiger partial charge in [-0.15, -0.1) is 0 Å². The van der Waals surface area contributed by atoms with Crippen LogP contribution in [0.25, 0.3) is 11.0 Å². The molecule has 3 atom stereocenters. The smallest absolute Gasteiger partial charge is 0.317 e. The van der Waals surface area contributed by atoms with Gasteiger partial charge in [0.2, 0.25) is 11.8 Å². The van der Waals surface area contributed by atoms with Gasteiger partial charge in [-0.1, -0.05) is 29.3 Å². The summed E-state index contributed by atoms with van der Waals surface area (Å²) in [5.41, 5.74) is 2.29. The Morgan fingerprint density at radius 2 is 1.97 bits per heavy atom. The molecule has 12 heteroatoms. The van der Waals surface area contributed by atoms with Gasteiger partial charge < -0.3 is 20.3 Å². The summed E-state index contributed by atoms with van der Waals surface area (Å²) in [5.74, 6) is -2.42. The number of hydrogen-bond acceptors (Lipinski definition) is 5. The lowest BCUT2D eigenvalue weighted by Gasteiger charge is -2.23. The van der Waals surface area contributed by atoms with Gasteiger partial charge in [-0.2, -0.15) is 0 Å². The molecule has 1 aliphatic rings. The summed E-state index contributed by atoms with van der Waals surface area (Å²) in [4.78, 5) is 43.2. The van der Waals surface area contributed by atoms with E-state index < -0.39 is 35.7 Å². The first kappa shape index (κ1) is 27.8. The molecule has 4 rings (SSSR count). The Bertz CT molecular complexity index is 1380. The van der Waals surface area contributed by atoms with Gasteiger partial charge in [0, 0.05) is 37.9 Å². The monoisotopic (exact) mass is 563 g/mol. The quantitative estimate of drug-likeness (QED) is 0.368. The number of pyridine rings is 1. The Labute approximate surface area is 228 Å². The number of hydrogen-bond donors (Lipinski definition) is 3. The summed E-state index contributed by atoms with van der Waals surface area (Å²) in [7, 11) is 1.84. The maximum atomic E-state index is 13.5. The molecule has 2 aromatic heterocycles. The number of aryl methyl sites for hydroxylation is 1. The van der Waals surface area contributed by atoms with Crippen molar-refractivity contribution in [1.29, 1.82) is 0 Å². The predicted molar refractivity (Wildman–Crippen MR) is 141 cm³/mol. The molecule has 1 aromatic carbocycles. The molecule has 0 bridgehead atoms. The molecule has 0 aliphatic carbocycles. The van der Waals surface area contributed by atoms with E-state index in [1.165, 1.54) is 12.1 Å². The van der Waals surface area contributed by atoms with Crippen molar-refractivity contribution in [1.82, 2.24) is 25.1 Å². The van der Waals surface area contributed by atoms with E-state index in [0.717, 1.165) is 22.2 Å². The van der Waals surface area contributed by atoms with E-state index in [2.05, 4.69) is 15.6 Å². The average molecular weight is 564 g/mol. The number of nitrogens with zero attached hydrogens (tertiary/aromatic N) is 3. The Balaban J connectivity index is 1.35. The van der Waals surface area contributed by atoms with Crippen LogP contribution in [0.2, 0.25) is 10.0 Å². The number of amides is 2. The second-order valence-electron chi connectivity index (χ2n) is 9.64. The van der Waals surface area contributed by atoms with Crippen LogP contribution in [0.5, 0.6) is 0 Å². The molecule has 38 heavy (non-hydrogen) atoms. The highest BCUT2D eigenvalue weighted by atomic mass is 35.5. The molecule has 1 aliphatic heterocycles. The number of aromatic nitrogens is 2. The van der Waals surface area contributed by atoms with E-state index in [-0.39, 0.29) is 24.0 Å². The van der Waals surface area contributed by atoms with Gasteiger partial charge in [-0.3, -0.25) is 19.3 Å². The minimum atomic E-state index is -1.05. The molecule has 3 aromatic rings. The molecule has 1 fully saturated rings. The fourth-order valence-corrected chi connectivity index (χ4v) is 5.33. The third-order valence-electron chi connectivity index (χ3n) is 6.68. The molecule has 3 N–H and O–H groups in total. The summed E-state index contributed by atoms with van der Waals surface area (Å²) in [6.45, 7) is 1.83. The van der Waals surface area contributed by atoms with Crippen LogP contribution < -0.4 is 10.6 Å². The fraction of sp³-hybridized carbons (Fsp3) is 0.385. The standard InChI is InChI=1S/C26H28Cl2FN5O4/c1-14(25(37)31-10-17-6-18-20(28)12-33(2)24(18)30-9-17)32-26(38)22-8-16(11-34(22)13-23(35)36)5-15-3-4-21(29)19(27)7-15/h3-4,6-7,9,12,14,16,22H,5,8,10-11,13H2,1-2H3,(H,31,37)(H,32,38)(H,35,36)/t14-,16-,22?/m0/s1. The second-order valence-corrected chi connectivity index (χ2v) is 10.5. The van der Waals surface area contributed by atoms with Crippen LogP contribution in [0.3, 0.4) is 0 Å². The Morgan fingerprint density at radius 3 is 2.68 bits per heavy atom. The topological polar surface area (TPSA) is 117 Å². The number of halogens is 3. The third-order valence-corrected chi connectivity index (χ3v) is 7.27. The third kappa shape index (κ3) is 6.43. The van der Waals surface area contributed by atoms with Crippen LogP contribution >= 0.6 is 23.2 Å². The average Bonchev–Trinajstić information content (AvgIpc) is 3.38. The van der Waals surface area contributed by atoms with E-state index in [1.807, 2.05) is 17.7 Å². The summed E-state index contributed by atoms with van der Waals surface area (Å²) >= 11 is 12.1. The number of carbonyl (C=O) groups is 3. The minimum Gasteiger partial charge on any atom is -0.480 e. The van der Waals surface area contributed by atoms with Gasteiger partial charge >= 0.3 is 5.97 Å². The summed E-state index contributed by atoms with van der Waals surface area (Å²) < 4.78 is 15.3. The van der Waals surface area contributed by atoms with Gasteiger partial charge in [-0.25, -0.2) is 9.37 Å². The maximum absolute atomic E-state index is 13.5. The number of benzene rings is 1. The highest BCUT2D eigenvalue weighted by Crippen LogP contribution is 2.28. The van der Waals surface area contributed by atoms with Gasteiger partial charge in [0.15, 0.2) is 0 Å². The van der Waals surface area contributed by atoms with Crippen LogP contribution in [0, 0.1) is 11.7 Å². The van der Waals surface area contributed by atoms with E-state index in [4.69, 9.17) is 23.2 Å². The molecule has 2 amide bonds. The van der Waals surface area contributed by atoms with Crippen LogP contribution in [-0.4, -0.2) is 62.5 Å². The van der Waals surface area contributed by atoms with E-state index in [0.29, 0.717) is 24.4 Å². The van der Waals surface area contributed by atoms with Crippen LogP contribution in [0.1, 0.15) is 24.5 Å². The van der Waals surface area contributed by atoms with E-state index in [9.17, 15) is 23.9 Å². The molecule has 1 saturated heterocycles. The summed E-state index contributed by atoms with van der Waals surface area (Å²) in [5, 5.41) is 16.2. The lowest BCUT2D eigenvalue weighted by Crippen LogP contribution is -2.51. The molecular weight excluding hydrogens is 536 g/mol. The van der Waals surface area contributed by atoms with Gasteiger partial charge in [0.25, 0.3) is 0 Å². The Hall–Kier alpha value is -3.21. The number of carboxylic acids is 1. The van der Waals surface area contributed by atoms with Crippen molar-refractivity contribution in [2.75, 3.05) is 13.1 Å². The molecule has 0 spiro atoms. The summed E-state index contributed by atoms with van der Waals surface area (Å²) in [6, 6.07) is 4.74. The van der Waals surface area contributed by atoms with Crippen molar-refractivity contribution >= 4 is 52.0 Å². The zero-order valence-electron chi connectivity index (χ0n) is 20.9. The summed E-state index contributed by atoms with van der Waals surface area (Å²) in [6.07, 6.45) is 4.32. The maximum Gasteiger partial charge on any atom is 0.317 e. The molecule has 0 radical (unpaired) electrons. The predicted octanol–water partition coefficient (Wildman–Crippen LogP) is 3.16. The number of likely N-dealkylation sites (tertiary alicyclic amines) is 1. The number of carboxylic acid groups (broad SMARTS) is 1. The highest BCUT2D eigenvalue weighted by molar-refractivity contribution is 6.35. The lowest BCUT2D eigenvalue weighted by atomic mass is 9.96. The van der Waals surface area contributed by atoms with Crippen LogP contribution in [0.4, 0.5) is 4.39 Å². The number of carbonyl (C=O) groups excluding carboxylic acids is 2. The molecule has 9 nitrogen and oxygen atoms in total. The van der Waals surface area contributed by atoms with Gasteiger partial charge in [0.05, 0.1) is 22.6 Å². The van der Waals surface area contributed by atoms with Crippen molar-refractivity contribution < 1.29 is 23.9 Å². The van der Waals surface area contributed by atoms with Crippen molar-refractivity contribution in [3.05, 3.63) is 63.6 Å². The highest BCUT2D eigenvalue weighted by Gasteiger charge is 2.38. The van der Waals surface area contributed by atoms with Crippen molar-refractivity contribution in [2.24, 2.45) is 13.0 Å². The van der Waals surface area contributed by atoms with Crippen molar-refractivity contribution in [3.8, 4) is 0 Å². The normalized spacial score (nSPS) is 18.4. The minimum absolute atomic E-state index is 0.0135. The molecule has 3 heterocycles. The lowest BCUT2D eigenvalue weighted by molar-refractivity contribution is -0.139. The SMILES string of the molecule is C[C@H](NC(=O)C1C[C@H](Cc2ccc(F)c(Cl)c2)CN1CC(=O)O)C(=O)NCc1cnc2c(c1)c(Cl)cn2C. The number of nitrogens with one attached hydrogen (secondary N) is 2. The van der Waals surface area contributed by atoms with E-state index in [1.54, 1.807) is 30.3 Å². The molecule has 0 saturated carbocycles. The molecule has 202 valence electrons. The van der Waals surface area contributed by atoms with Crippen LogP contribution in [-0.2, 0) is 34.4 Å². The zero-order chi connectivity index (χ0) is 27.6.